The van der Waals surface area contributed by atoms with Gasteiger partial charge in [-0.3, -0.25) is 4.98 Å². The molecule has 5 aromatic rings. The van der Waals surface area contributed by atoms with Crippen molar-refractivity contribution in [3.05, 3.63) is 79.0 Å². The standard InChI is InChI=1S/C21H13N/c1-2-7-15-14(6-1)11-12-17-16-8-3-4-9-18(16)21-19(20(15)17)10-5-13-22-21/h1-13H. The third-order valence-electron chi connectivity index (χ3n) is 4.48. The number of fused-ring (bicyclic) bond motifs is 8. The van der Waals surface area contributed by atoms with Gasteiger partial charge in [-0.15, -0.1) is 0 Å². The van der Waals surface area contributed by atoms with E-state index < -0.39 is 0 Å². The van der Waals surface area contributed by atoms with Crippen LogP contribution in [0.15, 0.2) is 79.0 Å². The van der Waals surface area contributed by atoms with Crippen LogP contribution >= 0.6 is 0 Å². The van der Waals surface area contributed by atoms with Crippen molar-refractivity contribution in [3.63, 3.8) is 0 Å². The average molecular weight is 279 g/mol. The quantitative estimate of drug-likeness (QED) is 0.332. The van der Waals surface area contributed by atoms with E-state index in [1.165, 1.54) is 37.7 Å². The first kappa shape index (κ1) is 11.7. The van der Waals surface area contributed by atoms with Gasteiger partial charge in [0.2, 0.25) is 0 Å². The minimum absolute atomic E-state index is 1.09. The zero-order chi connectivity index (χ0) is 14.5. The highest BCUT2D eigenvalue weighted by atomic mass is 14.6. The van der Waals surface area contributed by atoms with E-state index in [9.17, 15) is 0 Å². The summed E-state index contributed by atoms with van der Waals surface area (Å²) in [5.74, 6) is 0. The number of aromatic nitrogens is 1. The van der Waals surface area contributed by atoms with E-state index in [4.69, 9.17) is 0 Å². The molecule has 0 aliphatic heterocycles. The first-order chi connectivity index (χ1) is 10.9. The maximum atomic E-state index is 4.67. The predicted octanol–water partition coefficient (Wildman–Crippen LogP) is 5.69. The third kappa shape index (κ3) is 1.45. The van der Waals surface area contributed by atoms with Gasteiger partial charge in [0.1, 0.15) is 0 Å². The molecule has 1 heteroatoms. The van der Waals surface area contributed by atoms with Gasteiger partial charge < -0.3 is 0 Å². The van der Waals surface area contributed by atoms with Crippen molar-refractivity contribution >= 4 is 43.2 Å². The molecule has 0 aliphatic rings. The van der Waals surface area contributed by atoms with E-state index in [-0.39, 0.29) is 0 Å². The lowest BCUT2D eigenvalue weighted by molar-refractivity contribution is 1.43. The second-order valence-corrected chi connectivity index (χ2v) is 5.65. The molecule has 5 rings (SSSR count). The van der Waals surface area contributed by atoms with Gasteiger partial charge in [0.15, 0.2) is 0 Å². The van der Waals surface area contributed by atoms with Crippen molar-refractivity contribution in [2.24, 2.45) is 0 Å². The van der Waals surface area contributed by atoms with Crippen LogP contribution in [0.4, 0.5) is 0 Å². The largest absolute Gasteiger partial charge is 0.256 e. The maximum absolute atomic E-state index is 4.67. The van der Waals surface area contributed by atoms with Crippen LogP contribution in [0.1, 0.15) is 0 Å². The molecule has 1 aromatic heterocycles. The molecule has 0 fully saturated rings. The molecule has 0 unspecified atom stereocenters. The minimum Gasteiger partial charge on any atom is -0.256 e. The van der Waals surface area contributed by atoms with E-state index in [1.807, 2.05) is 12.3 Å². The van der Waals surface area contributed by atoms with E-state index >= 15 is 0 Å². The van der Waals surface area contributed by atoms with Crippen molar-refractivity contribution in [2.75, 3.05) is 0 Å². The molecule has 0 atom stereocenters. The van der Waals surface area contributed by atoms with Crippen molar-refractivity contribution in [2.45, 2.75) is 0 Å². The Morgan fingerprint density at radius 2 is 1.23 bits per heavy atom. The van der Waals surface area contributed by atoms with Gasteiger partial charge in [-0.2, -0.15) is 0 Å². The Bertz CT molecular complexity index is 1130. The topological polar surface area (TPSA) is 12.9 Å². The fraction of sp³-hybridized carbons (Fsp3) is 0. The monoisotopic (exact) mass is 279 g/mol. The number of benzene rings is 4. The zero-order valence-electron chi connectivity index (χ0n) is 12.0. The predicted molar refractivity (Wildman–Crippen MR) is 94.3 cm³/mol. The van der Waals surface area contributed by atoms with Gasteiger partial charge in [0, 0.05) is 17.0 Å². The Labute approximate surface area is 127 Å². The molecule has 0 saturated heterocycles. The Morgan fingerprint density at radius 1 is 0.500 bits per heavy atom. The molecule has 1 heterocycles. The smallest absolute Gasteiger partial charge is 0.0786 e. The molecule has 4 aromatic carbocycles. The molecule has 0 radical (unpaired) electrons. The van der Waals surface area contributed by atoms with Crippen molar-refractivity contribution in [1.29, 1.82) is 0 Å². The lowest BCUT2D eigenvalue weighted by atomic mass is 9.93. The van der Waals surface area contributed by atoms with Crippen LogP contribution in [0.5, 0.6) is 0 Å². The van der Waals surface area contributed by atoms with Gasteiger partial charge >= 0.3 is 0 Å². The van der Waals surface area contributed by atoms with Crippen LogP contribution in [0.25, 0.3) is 43.2 Å². The van der Waals surface area contributed by atoms with Crippen molar-refractivity contribution in [1.82, 2.24) is 4.98 Å². The lowest BCUT2D eigenvalue weighted by Crippen LogP contribution is -1.86. The lowest BCUT2D eigenvalue weighted by Gasteiger charge is -2.11. The van der Waals surface area contributed by atoms with Crippen LogP contribution in [-0.4, -0.2) is 4.98 Å². The summed E-state index contributed by atoms with van der Waals surface area (Å²) in [4.78, 5) is 4.67. The van der Waals surface area contributed by atoms with Gasteiger partial charge in [0.05, 0.1) is 5.52 Å². The number of hydrogen-bond donors (Lipinski definition) is 0. The van der Waals surface area contributed by atoms with Crippen molar-refractivity contribution in [3.8, 4) is 0 Å². The highest BCUT2D eigenvalue weighted by molar-refractivity contribution is 6.30. The molecule has 0 saturated carbocycles. The highest BCUT2D eigenvalue weighted by Gasteiger charge is 2.10. The average Bonchev–Trinajstić information content (AvgIpc) is 2.61. The molecule has 0 aliphatic carbocycles. The summed E-state index contributed by atoms with van der Waals surface area (Å²) in [6, 6.07) is 25.8. The maximum Gasteiger partial charge on any atom is 0.0786 e. The molecule has 22 heavy (non-hydrogen) atoms. The first-order valence-corrected chi connectivity index (χ1v) is 7.50. The molecule has 0 spiro atoms. The number of rotatable bonds is 0. The number of hydrogen-bond acceptors (Lipinski definition) is 1. The molecule has 0 bridgehead atoms. The fourth-order valence-electron chi connectivity index (χ4n) is 3.53. The van der Waals surface area contributed by atoms with Gasteiger partial charge in [-0.25, -0.2) is 0 Å². The summed E-state index contributed by atoms with van der Waals surface area (Å²) in [6.45, 7) is 0. The van der Waals surface area contributed by atoms with Crippen LogP contribution in [-0.2, 0) is 0 Å². The van der Waals surface area contributed by atoms with E-state index in [0.717, 1.165) is 5.52 Å². The fourth-order valence-corrected chi connectivity index (χ4v) is 3.53. The Morgan fingerprint density at radius 3 is 2.14 bits per heavy atom. The molecular formula is C21H13N. The summed E-state index contributed by atoms with van der Waals surface area (Å²) in [5, 5.41) is 8.90. The SMILES string of the molecule is c1ccc2c(c1)ccc1c3ccccc3c3ncccc3c21. The summed E-state index contributed by atoms with van der Waals surface area (Å²) in [6.07, 6.45) is 1.88. The van der Waals surface area contributed by atoms with Gasteiger partial charge in [0.25, 0.3) is 0 Å². The van der Waals surface area contributed by atoms with Crippen molar-refractivity contribution < 1.29 is 0 Å². The first-order valence-electron chi connectivity index (χ1n) is 7.50. The van der Waals surface area contributed by atoms with E-state index in [2.05, 4.69) is 71.7 Å². The summed E-state index contributed by atoms with van der Waals surface area (Å²) in [7, 11) is 0. The van der Waals surface area contributed by atoms with Crippen LogP contribution in [0.2, 0.25) is 0 Å². The Balaban J connectivity index is 2.24. The van der Waals surface area contributed by atoms with E-state index in [1.54, 1.807) is 0 Å². The minimum atomic E-state index is 1.09. The van der Waals surface area contributed by atoms with Crippen LogP contribution < -0.4 is 0 Å². The summed E-state index contributed by atoms with van der Waals surface area (Å²) >= 11 is 0. The molecule has 0 amide bonds. The normalized spacial score (nSPS) is 11.6. The summed E-state index contributed by atoms with van der Waals surface area (Å²) in [5.41, 5.74) is 1.09. The Hall–Kier alpha value is -2.93. The second kappa shape index (κ2) is 4.28. The zero-order valence-corrected chi connectivity index (χ0v) is 12.0. The van der Waals surface area contributed by atoms with Crippen LogP contribution in [0, 0.1) is 0 Å². The molecular weight excluding hydrogens is 266 g/mol. The molecule has 1 nitrogen and oxygen atoms in total. The number of nitrogens with zero attached hydrogens (tertiary/aromatic N) is 1. The van der Waals surface area contributed by atoms with Gasteiger partial charge in [-0.05, 0) is 33.0 Å². The van der Waals surface area contributed by atoms with E-state index in [0.29, 0.717) is 0 Å². The van der Waals surface area contributed by atoms with Gasteiger partial charge in [-0.1, -0.05) is 66.7 Å². The third-order valence-corrected chi connectivity index (χ3v) is 4.48. The number of pyridine rings is 1. The molecule has 0 N–H and O–H groups in total. The van der Waals surface area contributed by atoms with Crippen LogP contribution in [0.3, 0.4) is 0 Å². The second-order valence-electron chi connectivity index (χ2n) is 5.65. The summed E-state index contributed by atoms with van der Waals surface area (Å²) < 4.78 is 0. The molecule has 102 valence electrons. The Kier molecular flexibility index (Phi) is 2.28. The highest BCUT2D eigenvalue weighted by Crippen LogP contribution is 2.37.